The van der Waals surface area contributed by atoms with Crippen LogP contribution in [0.15, 0.2) is 42.5 Å². The van der Waals surface area contributed by atoms with Crippen LogP contribution in [0.2, 0.25) is 5.02 Å². The summed E-state index contributed by atoms with van der Waals surface area (Å²) >= 11 is 12.3. The molecule has 2 aromatic carbocycles. The molecule has 2 nitrogen and oxygen atoms in total. The third-order valence-electron chi connectivity index (χ3n) is 3.17. The average molecular weight is 291 g/mol. The first kappa shape index (κ1) is 12.5. The Morgan fingerprint density at radius 3 is 2.63 bits per heavy atom. The maximum Gasteiger partial charge on any atom is 0.129 e. The third kappa shape index (κ3) is 2.01. The number of fused-ring (bicyclic) bond motifs is 1. The van der Waals surface area contributed by atoms with E-state index in [1.807, 2.05) is 54.0 Å². The standard InChI is InChI=1S/C15H12Cl2N2/c1-10-5-4-8-13-15(10)18-14(9-16)19(13)12-7-3-2-6-11(12)17/h2-8H,9H2,1H3. The van der Waals surface area contributed by atoms with E-state index in [1.54, 1.807) is 0 Å². The van der Waals surface area contributed by atoms with Crippen LogP contribution in [0.5, 0.6) is 0 Å². The maximum atomic E-state index is 6.29. The number of alkyl halides is 1. The Kier molecular flexibility index (Phi) is 3.21. The summed E-state index contributed by atoms with van der Waals surface area (Å²) in [4.78, 5) is 4.62. The van der Waals surface area contributed by atoms with Crippen molar-refractivity contribution in [3.63, 3.8) is 0 Å². The zero-order valence-corrected chi connectivity index (χ0v) is 11.9. The van der Waals surface area contributed by atoms with Crippen LogP contribution in [0.1, 0.15) is 11.4 Å². The van der Waals surface area contributed by atoms with Crippen molar-refractivity contribution in [2.45, 2.75) is 12.8 Å². The molecule has 0 unspecified atom stereocenters. The van der Waals surface area contributed by atoms with Crippen molar-refractivity contribution >= 4 is 34.2 Å². The van der Waals surface area contributed by atoms with Gasteiger partial charge in [0.2, 0.25) is 0 Å². The second kappa shape index (κ2) is 4.87. The number of hydrogen-bond acceptors (Lipinski definition) is 1. The molecule has 4 heteroatoms. The van der Waals surface area contributed by atoms with Gasteiger partial charge in [-0.2, -0.15) is 0 Å². The summed E-state index contributed by atoms with van der Waals surface area (Å²) in [5, 5.41) is 0.690. The predicted octanol–water partition coefficient (Wildman–Crippen LogP) is 4.73. The van der Waals surface area contributed by atoms with E-state index in [9.17, 15) is 0 Å². The molecule has 19 heavy (non-hydrogen) atoms. The Morgan fingerprint density at radius 2 is 1.89 bits per heavy atom. The van der Waals surface area contributed by atoms with Crippen LogP contribution in [0.25, 0.3) is 16.7 Å². The SMILES string of the molecule is Cc1cccc2c1nc(CCl)n2-c1ccccc1Cl. The van der Waals surface area contributed by atoms with Crippen LogP contribution >= 0.6 is 23.2 Å². The van der Waals surface area contributed by atoms with Gasteiger partial charge >= 0.3 is 0 Å². The van der Waals surface area contributed by atoms with Crippen LogP contribution < -0.4 is 0 Å². The second-order valence-electron chi connectivity index (χ2n) is 4.39. The number of para-hydroxylation sites is 2. The van der Waals surface area contributed by atoms with Gasteiger partial charge in [0.05, 0.1) is 27.6 Å². The highest BCUT2D eigenvalue weighted by Crippen LogP contribution is 2.28. The predicted molar refractivity (Wildman–Crippen MR) is 80.4 cm³/mol. The number of imidazole rings is 1. The molecular weight excluding hydrogens is 279 g/mol. The van der Waals surface area contributed by atoms with Crippen molar-refractivity contribution in [3.05, 3.63) is 58.9 Å². The van der Waals surface area contributed by atoms with Crippen LogP contribution in [-0.4, -0.2) is 9.55 Å². The Bertz CT molecular complexity index is 747. The molecule has 0 bridgehead atoms. The maximum absolute atomic E-state index is 6.29. The van der Waals surface area contributed by atoms with Crippen LogP contribution in [-0.2, 0) is 5.88 Å². The summed E-state index contributed by atoms with van der Waals surface area (Å²) in [6.45, 7) is 2.05. The quantitative estimate of drug-likeness (QED) is 0.624. The highest BCUT2D eigenvalue weighted by Gasteiger charge is 2.14. The minimum Gasteiger partial charge on any atom is -0.294 e. The average Bonchev–Trinajstić information content (AvgIpc) is 2.79. The lowest BCUT2D eigenvalue weighted by Crippen LogP contribution is -1.99. The first-order valence-corrected chi connectivity index (χ1v) is 6.91. The van der Waals surface area contributed by atoms with Crippen molar-refractivity contribution < 1.29 is 0 Å². The number of rotatable bonds is 2. The van der Waals surface area contributed by atoms with Gasteiger partial charge in [0, 0.05) is 0 Å². The first-order valence-electron chi connectivity index (χ1n) is 6.00. The van der Waals surface area contributed by atoms with E-state index in [0.717, 1.165) is 28.1 Å². The summed E-state index contributed by atoms with van der Waals surface area (Å²) in [7, 11) is 0. The van der Waals surface area contributed by atoms with Crippen LogP contribution in [0.3, 0.4) is 0 Å². The van der Waals surface area contributed by atoms with E-state index < -0.39 is 0 Å². The van der Waals surface area contributed by atoms with Gasteiger partial charge in [-0.15, -0.1) is 11.6 Å². The minimum atomic E-state index is 0.347. The fourth-order valence-corrected chi connectivity index (χ4v) is 2.68. The molecule has 0 saturated carbocycles. The van der Waals surface area contributed by atoms with E-state index in [2.05, 4.69) is 4.98 Å². The molecule has 0 N–H and O–H groups in total. The Labute approximate surface area is 121 Å². The summed E-state index contributed by atoms with van der Waals surface area (Å²) < 4.78 is 2.03. The van der Waals surface area contributed by atoms with Crippen LogP contribution in [0, 0.1) is 6.92 Å². The normalized spacial score (nSPS) is 11.1. The summed E-state index contributed by atoms with van der Waals surface area (Å²) in [6, 6.07) is 13.8. The van der Waals surface area contributed by atoms with Crippen molar-refractivity contribution in [2.75, 3.05) is 0 Å². The van der Waals surface area contributed by atoms with Gasteiger partial charge in [-0.1, -0.05) is 35.9 Å². The van der Waals surface area contributed by atoms with E-state index >= 15 is 0 Å². The van der Waals surface area contributed by atoms with E-state index in [1.165, 1.54) is 0 Å². The van der Waals surface area contributed by atoms with E-state index in [4.69, 9.17) is 23.2 Å². The molecular formula is C15H12Cl2N2. The number of aromatic nitrogens is 2. The molecule has 0 aliphatic heterocycles. The Balaban J connectivity index is 2.40. The molecule has 3 rings (SSSR count). The summed E-state index contributed by atoms with van der Waals surface area (Å²) in [6.07, 6.45) is 0. The zero-order valence-electron chi connectivity index (χ0n) is 10.4. The number of benzene rings is 2. The summed E-state index contributed by atoms with van der Waals surface area (Å²) in [5.41, 5.74) is 4.05. The molecule has 1 heterocycles. The van der Waals surface area contributed by atoms with Crippen molar-refractivity contribution in [1.29, 1.82) is 0 Å². The van der Waals surface area contributed by atoms with Gasteiger partial charge < -0.3 is 0 Å². The molecule has 0 amide bonds. The molecule has 0 saturated heterocycles. The van der Waals surface area contributed by atoms with Gasteiger partial charge in [-0.05, 0) is 30.7 Å². The van der Waals surface area contributed by atoms with Gasteiger partial charge in [0.25, 0.3) is 0 Å². The lowest BCUT2D eigenvalue weighted by Gasteiger charge is -2.09. The number of nitrogens with zero attached hydrogens (tertiary/aromatic N) is 2. The van der Waals surface area contributed by atoms with Crippen LogP contribution in [0.4, 0.5) is 0 Å². The second-order valence-corrected chi connectivity index (χ2v) is 5.07. The van der Waals surface area contributed by atoms with E-state index in [0.29, 0.717) is 10.9 Å². The molecule has 0 atom stereocenters. The van der Waals surface area contributed by atoms with E-state index in [-0.39, 0.29) is 0 Å². The van der Waals surface area contributed by atoms with Crippen molar-refractivity contribution in [2.24, 2.45) is 0 Å². The monoisotopic (exact) mass is 290 g/mol. The lowest BCUT2D eigenvalue weighted by atomic mass is 10.2. The van der Waals surface area contributed by atoms with Crippen molar-refractivity contribution in [1.82, 2.24) is 9.55 Å². The molecule has 1 aromatic heterocycles. The van der Waals surface area contributed by atoms with Gasteiger partial charge in [0.15, 0.2) is 0 Å². The lowest BCUT2D eigenvalue weighted by molar-refractivity contribution is 0.982. The van der Waals surface area contributed by atoms with Gasteiger partial charge in [-0.3, -0.25) is 4.57 Å². The summed E-state index contributed by atoms with van der Waals surface area (Å²) in [5.74, 6) is 1.15. The smallest absolute Gasteiger partial charge is 0.129 e. The Morgan fingerprint density at radius 1 is 1.11 bits per heavy atom. The Hall–Kier alpha value is -1.51. The molecule has 0 spiro atoms. The highest BCUT2D eigenvalue weighted by molar-refractivity contribution is 6.32. The fourth-order valence-electron chi connectivity index (χ4n) is 2.28. The molecule has 0 radical (unpaired) electrons. The topological polar surface area (TPSA) is 17.8 Å². The first-order chi connectivity index (χ1) is 9.22. The largest absolute Gasteiger partial charge is 0.294 e. The number of aryl methyl sites for hydroxylation is 1. The fraction of sp³-hybridized carbons (Fsp3) is 0.133. The highest BCUT2D eigenvalue weighted by atomic mass is 35.5. The molecule has 0 aliphatic carbocycles. The van der Waals surface area contributed by atoms with Gasteiger partial charge in [-0.25, -0.2) is 4.98 Å². The zero-order chi connectivity index (χ0) is 13.4. The molecule has 96 valence electrons. The third-order valence-corrected chi connectivity index (χ3v) is 3.73. The minimum absolute atomic E-state index is 0.347. The molecule has 0 fully saturated rings. The molecule has 0 aliphatic rings. The number of halogens is 2. The van der Waals surface area contributed by atoms with Crippen molar-refractivity contribution in [3.8, 4) is 5.69 Å². The number of hydrogen-bond donors (Lipinski definition) is 0. The molecule has 3 aromatic rings. The van der Waals surface area contributed by atoms with Gasteiger partial charge in [0.1, 0.15) is 5.82 Å².